The molecule has 0 saturated carbocycles. The van der Waals surface area contributed by atoms with E-state index in [1.807, 2.05) is 0 Å². The Balaban J connectivity index is 2.53. The summed E-state index contributed by atoms with van der Waals surface area (Å²) in [7, 11) is 0. The number of anilines is 1. The van der Waals surface area contributed by atoms with Gasteiger partial charge < -0.3 is 17.2 Å². The Labute approximate surface area is 76.6 Å². The van der Waals surface area contributed by atoms with Crippen LogP contribution in [0.1, 0.15) is 12.2 Å². The second-order valence-corrected chi connectivity index (χ2v) is 2.80. The van der Waals surface area contributed by atoms with Gasteiger partial charge in [0.15, 0.2) is 0 Å². The molecule has 0 spiro atoms. The molecule has 13 heavy (non-hydrogen) atoms. The highest BCUT2D eigenvalue weighted by atomic mass is 15.1. The SMILES string of the molecule is NCCC(N)Cc1ncnc(N)n1. The molecular formula is C7H14N6. The maximum Gasteiger partial charge on any atom is 0.223 e. The fraction of sp³-hybridized carbons (Fsp3) is 0.571. The summed E-state index contributed by atoms with van der Waals surface area (Å²) >= 11 is 0. The summed E-state index contributed by atoms with van der Waals surface area (Å²) in [6.07, 6.45) is 2.72. The van der Waals surface area contributed by atoms with E-state index in [9.17, 15) is 0 Å². The zero-order valence-electron chi connectivity index (χ0n) is 7.35. The topological polar surface area (TPSA) is 117 Å². The highest BCUT2D eigenvalue weighted by molar-refractivity contribution is 5.12. The molecule has 72 valence electrons. The number of hydrogen-bond acceptors (Lipinski definition) is 6. The summed E-state index contributed by atoms with van der Waals surface area (Å²) in [5.41, 5.74) is 16.5. The Morgan fingerprint density at radius 1 is 1.38 bits per heavy atom. The van der Waals surface area contributed by atoms with E-state index in [0.29, 0.717) is 18.8 Å². The Kier molecular flexibility index (Phi) is 3.53. The highest BCUT2D eigenvalue weighted by Crippen LogP contribution is 1.98. The molecule has 0 aromatic carbocycles. The van der Waals surface area contributed by atoms with Crippen molar-refractivity contribution in [2.75, 3.05) is 12.3 Å². The summed E-state index contributed by atoms with van der Waals surface area (Å²) in [4.78, 5) is 11.6. The zero-order valence-corrected chi connectivity index (χ0v) is 7.35. The molecule has 6 nitrogen and oxygen atoms in total. The van der Waals surface area contributed by atoms with Crippen LogP contribution in [0.25, 0.3) is 0 Å². The van der Waals surface area contributed by atoms with E-state index in [-0.39, 0.29) is 12.0 Å². The molecule has 6 N–H and O–H groups in total. The summed E-state index contributed by atoms with van der Waals surface area (Å²) in [6, 6.07) is -0.00759. The molecule has 0 fully saturated rings. The van der Waals surface area contributed by atoms with Crippen molar-refractivity contribution in [2.24, 2.45) is 11.5 Å². The number of aromatic nitrogens is 3. The van der Waals surface area contributed by atoms with Crippen molar-refractivity contribution >= 4 is 5.95 Å². The molecule has 1 atom stereocenters. The van der Waals surface area contributed by atoms with E-state index >= 15 is 0 Å². The predicted octanol–water partition coefficient (Wildman–Crippen LogP) is -1.33. The highest BCUT2D eigenvalue weighted by Gasteiger charge is 2.05. The third-order valence-corrected chi connectivity index (χ3v) is 1.62. The van der Waals surface area contributed by atoms with Crippen LogP contribution in [0.5, 0.6) is 0 Å². The fourth-order valence-corrected chi connectivity index (χ4v) is 0.994. The van der Waals surface area contributed by atoms with E-state index < -0.39 is 0 Å². The molecule has 1 heterocycles. The van der Waals surface area contributed by atoms with Crippen molar-refractivity contribution in [3.8, 4) is 0 Å². The van der Waals surface area contributed by atoms with Crippen LogP contribution in [0.15, 0.2) is 6.33 Å². The van der Waals surface area contributed by atoms with Gasteiger partial charge in [-0.25, -0.2) is 9.97 Å². The van der Waals surface area contributed by atoms with Crippen LogP contribution < -0.4 is 17.2 Å². The first-order valence-corrected chi connectivity index (χ1v) is 4.11. The Bertz CT molecular complexity index is 263. The third-order valence-electron chi connectivity index (χ3n) is 1.62. The lowest BCUT2D eigenvalue weighted by molar-refractivity contribution is 0.600. The normalized spacial score (nSPS) is 12.8. The zero-order chi connectivity index (χ0) is 9.68. The molecule has 0 radical (unpaired) electrons. The van der Waals surface area contributed by atoms with E-state index in [2.05, 4.69) is 15.0 Å². The molecule has 1 rings (SSSR count). The standard InChI is InChI=1S/C7H14N6/c8-2-1-5(9)3-6-11-4-12-7(10)13-6/h4-5H,1-3,8-9H2,(H2,10,11,12,13). The van der Waals surface area contributed by atoms with Crippen LogP contribution in [-0.2, 0) is 6.42 Å². The molecule has 0 aliphatic heterocycles. The Hall–Kier alpha value is -1.27. The van der Waals surface area contributed by atoms with E-state index in [0.717, 1.165) is 6.42 Å². The second kappa shape index (κ2) is 4.68. The second-order valence-electron chi connectivity index (χ2n) is 2.80. The van der Waals surface area contributed by atoms with E-state index in [1.54, 1.807) is 0 Å². The molecule has 0 aliphatic carbocycles. The number of nitrogens with zero attached hydrogens (tertiary/aromatic N) is 3. The van der Waals surface area contributed by atoms with Crippen LogP contribution in [-0.4, -0.2) is 27.5 Å². The van der Waals surface area contributed by atoms with Gasteiger partial charge in [0.2, 0.25) is 5.95 Å². The van der Waals surface area contributed by atoms with Gasteiger partial charge >= 0.3 is 0 Å². The molecule has 0 saturated heterocycles. The largest absolute Gasteiger partial charge is 0.368 e. The summed E-state index contributed by atoms with van der Waals surface area (Å²) in [5.74, 6) is 0.846. The minimum Gasteiger partial charge on any atom is -0.368 e. The molecule has 1 aromatic rings. The minimum absolute atomic E-state index is 0.00759. The van der Waals surface area contributed by atoms with Crippen molar-refractivity contribution in [1.29, 1.82) is 0 Å². The van der Waals surface area contributed by atoms with Gasteiger partial charge in [-0.2, -0.15) is 4.98 Å². The lowest BCUT2D eigenvalue weighted by Gasteiger charge is -2.07. The van der Waals surface area contributed by atoms with Gasteiger partial charge in [-0.15, -0.1) is 0 Å². The van der Waals surface area contributed by atoms with Gasteiger partial charge in [0, 0.05) is 12.5 Å². The first kappa shape index (κ1) is 9.82. The molecular weight excluding hydrogens is 168 g/mol. The van der Waals surface area contributed by atoms with Gasteiger partial charge in [0.1, 0.15) is 12.2 Å². The smallest absolute Gasteiger partial charge is 0.223 e. The number of nitrogen functional groups attached to an aromatic ring is 1. The van der Waals surface area contributed by atoms with Crippen molar-refractivity contribution in [1.82, 2.24) is 15.0 Å². The number of hydrogen-bond donors (Lipinski definition) is 3. The number of rotatable bonds is 4. The molecule has 1 aromatic heterocycles. The molecule has 0 bridgehead atoms. The number of nitrogens with two attached hydrogens (primary N) is 3. The van der Waals surface area contributed by atoms with Crippen molar-refractivity contribution in [3.05, 3.63) is 12.2 Å². The van der Waals surface area contributed by atoms with Crippen LogP contribution >= 0.6 is 0 Å². The predicted molar refractivity (Wildman–Crippen MR) is 49.6 cm³/mol. The molecule has 0 aliphatic rings. The van der Waals surface area contributed by atoms with Crippen LogP contribution in [0.3, 0.4) is 0 Å². The summed E-state index contributed by atoms with van der Waals surface area (Å²) in [6.45, 7) is 0.571. The molecule has 6 heteroatoms. The van der Waals surface area contributed by atoms with Crippen molar-refractivity contribution in [2.45, 2.75) is 18.9 Å². The fourth-order valence-electron chi connectivity index (χ4n) is 0.994. The lowest BCUT2D eigenvalue weighted by Crippen LogP contribution is -2.27. The Morgan fingerprint density at radius 3 is 2.77 bits per heavy atom. The van der Waals surface area contributed by atoms with Crippen molar-refractivity contribution in [3.63, 3.8) is 0 Å². The lowest BCUT2D eigenvalue weighted by atomic mass is 10.1. The van der Waals surface area contributed by atoms with Gasteiger partial charge in [0.25, 0.3) is 0 Å². The maximum absolute atomic E-state index is 5.75. The third kappa shape index (κ3) is 3.30. The van der Waals surface area contributed by atoms with Gasteiger partial charge in [-0.05, 0) is 13.0 Å². The van der Waals surface area contributed by atoms with Gasteiger partial charge in [-0.3, -0.25) is 0 Å². The minimum atomic E-state index is -0.00759. The van der Waals surface area contributed by atoms with Gasteiger partial charge in [-0.1, -0.05) is 0 Å². The molecule has 0 amide bonds. The molecule has 1 unspecified atom stereocenters. The average molecular weight is 182 g/mol. The van der Waals surface area contributed by atoms with Gasteiger partial charge in [0.05, 0.1) is 0 Å². The van der Waals surface area contributed by atoms with Crippen LogP contribution in [0.2, 0.25) is 0 Å². The maximum atomic E-state index is 5.75. The van der Waals surface area contributed by atoms with E-state index in [1.165, 1.54) is 6.33 Å². The van der Waals surface area contributed by atoms with E-state index in [4.69, 9.17) is 17.2 Å². The first-order chi connectivity index (χ1) is 6.22. The van der Waals surface area contributed by atoms with Crippen LogP contribution in [0.4, 0.5) is 5.95 Å². The summed E-state index contributed by atoms with van der Waals surface area (Å²) in [5, 5.41) is 0. The monoisotopic (exact) mass is 182 g/mol. The summed E-state index contributed by atoms with van der Waals surface area (Å²) < 4.78 is 0. The van der Waals surface area contributed by atoms with Crippen molar-refractivity contribution < 1.29 is 0 Å². The average Bonchev–Trinajstić information content (AvgIpc) is 2.04. The Morgan fingerprint density at radius 2 is 2.15 bits per heavy atom. The van der Waals surface area contributed by atoms with Crippen LogP contribution in [0, 0.1) is 0 Å². The first-order valence-electron chi connectivity index (χ1n) is 4.11. The quantitative estimate of drug-likeness (QED) is 0.531.